The van der Waals surface area contributed by atoms with E-state index in [1.807, 2.05) is 0 Å². The number of carbonyl (C=O) groups is 2. The van der Waals surface area contributed by atoms with Crippen LogP contribution in [0.5, 0.6) is 0 Å². The highest BCUT2D eigenvalue weighted by molar-refractivity contribution is 6.04. The third kappa shape index (κ3) is 3.42. The van der Waals surface area contributed by atoms with Crippen LogP contribution in [0.15, 0.2) is 36.4 Å². The molecule has 0 saturated heterocycles. The van der Waals surface area contributed by atoms with Gasteiger partial charge in [0.25, 0.3) is 5.91 Å². The summed E-state index contributed by atoms with van der Waals surface area (Å²) < 4.78 is 26.1. The van der Waals surface area contributed by atoms with Gasteiger partial charge in [-0.15, -0.1) is 0 Å². The van der Waals surface area contributed by atoms with E-state index in [0.29, 0.717) is 17.3 Å². The zero-order valence-corrected chi connectivity index (χ0v) is 11.0. The molecule has 0 unspecified atom stereocenters. The quantitative estimate of drug-likeness (QED) is 0.912. The zero-order valence-electron chi connectivity index (χ0n) is 11.0. The second-order valence-corrected chi connectivity index (χ2v) is 4.45. The number of carboxylic acid groups (broad SMARTS) is 1. The summed E-state index contributed by atoms with van der Waals surface area (Å²) >= 11 is 0. The molecule has 0 fully saturated rings. The second-order valence-electron chi connectivity index (χ2n) is 4.45. The number of rotatable bonds is 3. The van der Waals surface area contributed by atoms with Crippen molar-refractivity contribution in [3.63, 3.8) is 0 Å². The van der Waals surface area contributed by atoms with Gasteiger partial charge in [-0.1, -0.05) is 0 Å². The fourth-order valence-corrected chi connectivity index (χ4v) is 1.82. The van der Waals surface area contributed by atoms with Gasteiger partial charge in [0.2, 0.25) is 0 Å². The smallest absolute Gasteiger partial charge is 0.335 e. The zero-order chi connectivity index (χ0) is 15.6. The molecule has 0 atom stereocenters. The average molecular weight is 291 g/mol. The van der Waals surface area contributed by atoms with Crippen LogP contribution in [0.4, 0.5) is 14.5 Å². The Bertz CT molecular complexity index is 709. The molecule has 0 radical (unpaired) electrons. The van der Waals surface area contributed by atoms with Crippen molar-refractivity contribution < 1.29 is 23.5 Å². The Labute approximate surface area is 119 Å². The highest BCUT2D eigenvalue weighted by Crippen LogP contribution is 2.18. The third-order valence-corrected chi connectivity index (χ3v) is 2.85. The fourth-order valence-electron chi connectivity index (χ4n) is 1.82. The summed E-state index contributed by atoms with van der Waals surface area (Å²) in [7, 11) is 0. The molecule has 2 rings (SSSR count). The number of aromatic carboxylic acids is 1. The van der Waals surface area contributed by atoms with E-state index in [9.17, 15) is 18.4 Å². The first-order valence-corrected chi connectivity index (χ1v) is 5.98. The number of anilines is 1. The molecule has 6 heteroatoms. The maximum absolute atomic E-state index is 13.1. The lowest BCUT2D eigenvalue weighted by molar-refractivity contribution is 0.0696. The summed E-state index contributed by atoms with van der Waals surface area (Å²) in [4.78, 5) is 22.7. The minimum Gasteiger partial charge on any atom is -0.478 e. The van der Waals surface area contributed by atoms with Crippen LogP contribution in [-0.2, 0) is 0 Å². The molecule has 0 saturated carbocycles. The minimum absolute atomic E-state index is 0.0855. The number of halogens is 2. The van der Waals surface area contributed by atoms with Gasteiger partial charge in [0.05, 0.1) is 5.56 Å². The first-order valence-electron chi connectivity index (χ1n) is 5.98. The van der Waals surface area contributed by atoms with Crippen molar-refractivity contribution in [3.8, 4) is 0 Å². The normalized spacial score (nSPS) is 10.2. The van der Waals surface area contributed by atoms with Gasteiger partial charge in [0, 0.05) is 17.3 Å². The van der Waals surface area contributed by atoms with Crippen molar-refractivity contribution in [2.24, 2.45) is 0 Å². The average Bonchev–Trinajstić information content (AvgIpc) is 2.39. The van der Waals surface area contributed by atoms with Crippen LogP contribution in [0.1, 0.15) is 26.3 Å². The lowest BCUT2D eigenvalue weighted by Crippen LogP contribution is -2.13. The fraction of sp³-hybridized carbons (Fsp3) is 0.0667. The van der Waals surface area contributed by atoms with E-state index >= 15 is 0 Å². The monoisotopic (exact) mass is 291 g/mol. The van der Waals surface area contributed by atoms with E-state index in [2.05, 4.69) is 5.32 Å². The molecule has 0 aliphatic rings. The number of carboxylic acids is 1. The van der Waals surface area contributed by atoms with E-state index in [4.69, 9.17) is 5.11 Å². The van der Waals surface area contributed by atoms with Gasteiger partial charge >= 0.3 is 5.97 Å². The highest BCUT2D eigenvalue weighted by Gasteiger charge is 2.12. The molecule has 4 nitrogen and oxygen atoms in total. The summed E-state index contributed by atoms with van der Waals surface area (Å²) in [6.45, 7) is 1.62. The van der Waals surface area contributed by atoms with E-state index in [-0.39, 0.29) is 11.1 Å². The van der Waals surface area contributed by atoms with E-state index in [1.165, 1.54) is 18.2 Å². The molecule has 2 aromatic rings. The van der Waals surface area contributed by atoms with E-state index in [1.54, 1.807) is 6.92 Å². The number of carbonyl (C=O) groups excluding carboxylic acids is 1. The largest absolute Gasteiger partial charge is 0.478 e. The Morgan fingerprint density at radius 1 is 1.00 bits per heavy atom. The number of hydrogen-bond donors (Lipinski definition) is 2. The van der Waals surface area contributed by atoms with E-state index in [0.717, 1.165) is 12.1 Å². The Morgan fingerprint density at radius 3 is 2.14 bits per heavy atom. The number of benzene rings is 2. The molecule has 21 heavy (non-hydrogen) atoms. The van der Waals surface area contributed by atoms with Crippen LogP contribution in [0, 0.1) is 18.6 Å². The van der Waals surface area contributed by atoms with Gasteiger partial charge < -0.3 is 10.4 Å². The summed E-state index contributed by atoms with van der Waals surface area (Å²) in [6, 6.07) is 6.65. The Hall–Kier alpha value is -2.76. The Morgan fingerprint density at radius 2 is 1.62 bits per heavy atom. The first-order chi connectivity index (χ1) is 9.86. The molecule has 0 bridgehead atoms. The molecule has 108 valence electrons. The molecule has 0 heterocycles. The number of nitrogens with one attached hydrogen (secondary N) is 1. The summed E-state index contributed by atoms with van der Waals surface area (Å²) in [5.74, 6) is -3.46. The SMILES string of the molecule is Cc1cc(C(=O)O)ccc1NC(=O)c1cc(F)cc(F)c1. The van der Waals surface area contributed by atoms with Crippen molar-refractivity contribution in [2.75, 3.05) is 5.32 Å². The highest BCUT2D eigenvalue weighted by atomic mass is 19.1. The van der Waals surface area contributed by atoms with Crippen LogP contribution < -0.4 is 5.32 Å². The van der Waals surface area contributed by atoms with Crippen LogP contribution in [0.2, 0.25) is 0 Å². The van der Waals surface area contributed by atoms with E-state index < -0.39 is 23.5 Å². The third-order valence-electron chi connectivity index (χ3n) is 2.85. The van der Waals surface area contributed by atoms with Gasteiger partial charge in [-0.25, -0.2) is 13.6 Å². The number of hydrogen-bond acceptors (Lipinski definition) is 2. The van der Waals surface area contributed by atoms with Crippen molar-refractivity contribution in [2.45, 2.75) is 6.92 Å². The summed E-state index contributed by atoms with van der Waals surface area (Å²) in [5, 5.41) is 11.3. The first kappa shape index (κ1) is 14.6. The number of aryl methyl sites for hydroxylation is 1. The van der Waals surface area contributed by atoms with Crippen molar-refractivity contribution in [1.82, 2.24) is 0 Å². The van der Waals surface area contributed by atoms with Crippen LogP contribution >= 0.6 is 0 Å². The van der Waals surface area contributed by atoms with Crippen molar-refractivity contribution >= 4 is 17.6 Å². The van der Waals surface area contributed by atoms with Crippen LogP contribution in [0.3, 0.4) is 0 Å². The molecule has 0 aromatic heterocycles. The molecule has 0 aliphatic carbocycles. The van der Waals surface area contributed by atoms with Gasteiger partial charge in [0.15, 0.2) is 0 Å². The molecule has 2 aromatic carbocycles. The Balaban J connectivity index is 2.25. The Kier molecular flexibility index (Phi) is 3.98. The second kappa shape index (κ2) is 5.70. The van der Waals surface area contributed by atoms with Gasteiger partial charge in [0.1, 0.15) is 11.6 Å². The minimum atomic E-state index is -1.08. The standard InChI is InChI=1S/C15H11F2NO3/c1-8-4-9(15(20)21)2-3-13(8)18-14(19)10-5-11(16)7-12(17)6-10/h2-7H,1H3,(H,18,19)(H,20,21). The van der Waals surface area contributed by atoms with Gasteiger partial charge in [-0.3, -0.25) is 4.79 Å². The molecular formula is C15H11F2NO3. The maximum Gasteiger partial charge on any atom is 0.335 e. The predicted octanol–water partition coefficient (Wildman–Crippen LogP) is 3.22. The maximum atomic E-state index is 13.1. The van der Waals surface area contributed by atoms with Crippen LogP contribution in [-0.4, -0.2) is 17.0 Å². The molecule has 2 N–H and O–H groups in total. The molecule has 0 spiro atoms. The molecule has 1 amide bonds. The molecular weight excluding hydrogens is 280 g/mol. The van der Waals surface area contributed by atoms with Crippen molar-refractivity contribution in [3.05, 3.63) is 64.7 Å². The topological polar surface area (TPSA) is 66.4 Å². The summed E-state index contributed by atoms with van der Waals surface area (Å²) in [6.07, 6.45) is 0. The van der Waals surface area contributed by atoms with Crippen molar-refractivity contribution in [1.29, 1.82) is 0 Å². The van der Waals surface area contributed by atoms with Crippen LogP contribution in [0.25, 0.3) is 0 Å². The van der Waals surface area contributed by atoms with Gasteiger partial charge in [-0.05, 0) is 42.8 Å². The lowest BCUT2D eigenvalue weighted by atomic mass is 10.1. The lowest BCUT2D eigenvalue weighted by Gasteiger charge is -2.09. The predicted molar refractivity (Wildman–Crippen MR) is 72.4 cm³/mol. The van der Waals surface area contributed by atoms with Gasteiger partial charge in [-0.2, -0.15) is 0 Å². The summed E-state index contributed by atoms with van der Waals surface area (Å²) in [5.41, 5.74) is 0.825. The molecule has 0 aliphatic heterocycles. The number of amides is 1.